The molecule has 0 fully saturated rings. The molecule has 2 aromatic rings. The van der Waals surface area contributed by atoms with Crippen LogP contribution in [0.4, 0.5) is 0 Å². The number of ether oxygens (including phenoxy) is 2. The molecular formula is C25H32O5. The fourth-order valence-electron chi connectivity index (χ4n) is 3.73. The Kier molecular flexibility index (Phi) is 7.30. The first-order valence-electron chi connectivity index (χ1n) is 10.3. The average Bonchev–Trinajstić information content (AvgIpc) is 2.67. The number of benzene rings is 2. The smallest absolute Gasteiger partial charge is 0.344 e. The van der Waals surface area contributed by atoms with Crippen LogP contribution in [0.5, 0.6) is 11.5 Å². The van der Waals surface area contributed by atoms with Crippen LogP contribution in [0.2, 0.25) is 0 Å². The van der Waals surface area contributed by atoms with Gasteiger partial charge in [0.1, 0.15) is 11.5 Å². The summed E-state index contributed by atoms with van der Waals surface area (Å²) in [5.74, 6) is -0.198. The number of carbonyl (C=O) groups excluding carboxylic acids is 1. The Morgan fingerprint density at radius 1 is 0.833 bits per heavy atom. The van der Waals surface area contributed by atoms with Crippen LogP contribution in [0.3, 0.4) is 0 Å². The summed E-state index contributed by atoms with van der Waals surface area (Å²) in [5.41, 5.74) is 5.87. The molecule has 0 unspecified atom stereocenters. The number of hydrogen-bond acceptors (Lipinski definition) is 4. The van der Waals surface area contributed by atoms with Crippen molar-refractivity contribution in [1.29, 1.82) is 0 Å². The summed E-state index contributed by atoms with van der Waals surface area (Å²) in [6, 6.07) is 1.89. The van der Waals surface area contributed by atoms with E-state index in [-0.39, 0.29) is 5.56 Å². The highest BCUT2D eigenvalue weighted by Crippen LogP contribution is 2.34. The Morgan fingerprint density at radius 3 is 1.87 bits per heavy atom. The molecule has 0 aliphatic heterocycles. The van der Waals surface area contributed by atoms with Crippen LogP contribution in [-0.4, -0.2) is 23.7 Å². The minimum Gasteiger partial charge on any atom is -0.493 e. The fraction of sp³-hybridized carbons (Fsp3) is 0.440. The SMILES string of the molecule is CCCCOc1cc(C)c(C(=O)Oc2c(C)c(C)c(C(=O)O)c(C)c2C)c(C)c1C. The van der Waals surface area contributed by atoms with Crippen molar-refractivity contribution in [3.05, 3.63) is 56.1 Å². The molecule has 5 heteroatoms. The monoisotopic (exact) mass is 412 g/mol. The summed E-state index contributed by atoms with van der Waals surface area (Å²) in [7, 11) is 0. The number of carboxylic acids is 1. The van der Waals surface area contributed by atoms with Gasteiger partial charge in [-0.3, -0.25) is 0 Å². The van der Waals surface area contributed by atoms with Gasteiger partial charge in [0.25, 0.3) is 0 Å². The first-order valence-corrected chi connectivity index (χ1v) is 10.3. The summed E-state index contributed by atoms with van der Waals surface area (Å²) in [6.07, 6.45) is 2.03. The average molecular weight is 413 g/mol. The lowest BCUT2D eigenvalue weighted by Crippen LogP contribution is -2.17. The van der Waals surface area contributed by atoms with E-state index < -0.39 is 11.9 Å². The summed E-state index contributed by atoms with van der Waals surface area (Å²) >= 11 is 0. The zero-order chi connectivity index (χ0) is 22.7. The number of aromatic carboxylic acids is 1. The lowest BCUT2D eigenvalue weighted by Gasteiger charge is -2.20. The second-order valence-corrected chi connectivity index (χ2v) is 7.92. The molecule has 0 bridgehead atoms. The van der Waals surface area contributed by atoms with E-state index in [1.807, 2.05) is 26.8 Å². The molecule has 0 spiro atoms. The van der Waals surface area contributed by atoms with Gasteiger partial charge in [-0.25, -0.2) is 9.59 Å². The first-order chi connectivity index (χ1) is 14.0. The molecule has 0 aromatic heterocycles. The van der Waals surface area contributed by atoms with Crippen molar-refractivity contribution in [3.8, 4) is 11.5 Å². The quantitative estimate of drug-likeness (QED) is 0.346. The molecule has 2 aromatic carbocycles. The Balaban J connectivity index is 2.47. The van der Waals surface area contributed by atoms with E-state index in [4.69, 9.17) is 9.47 Å². The molecule has 0 aliphatic rings. The standard InChI is InChI=1S/C25H32O5/c1-9-10-11-29-20-12-13(2)21(15(4)14(20)3)25(28)30-23-18(7)16(5)22(24(26)27)17(6)19(23)8/h12H,9-11H2,1-8H3,(H,26,27). The Bertz CT molecular complexity index is 973. The van der Waals surface area contributed by atoms with Crippen LogP contribution in [0, 0.1) is 48.5 Å². The summed E-state index contributed by atoms with van der Waals surface area (Å²) in [4.78, 5) is 24.8. The molecule has 0 saturated carbocycles. The fourth-order valence-corrected chi connectivity index (χ4v) is 3.73. The number of carboxylic acid groups (broad SMARTS) is 1. The van der Waals surface area contributed by atoms with E-state index in [9.17, 15) is 14.7 Å². The van der Waals surface area contributed by atoms with Crippen LogP contribution >= 0.6 is 0 Å². The van der Waals surface area contributed by atoms with Crippen LogP contribution in [0.25, 0.3) is 0 Å². The lowest BCUT2D eigenvalue weighted by atomic mass is 9.93. The minimum atomic E-state index is -0.977. The molecule has 162 valence electrons. The third-order valence-corrected chi connectivity index (χ3v) is 5.97. The summed E-state index contributed by atoms with van der Waals surface area (Å²) in [5, 5.41) is 9.53. The Morgan fingerprint density at radius 2 is 1.37 bits per heavy atom. The van der Waals surface area contributed by atoms with Crippen molar-refractivity contribution < 1.29 is 24.2 Å². The third-order valence-electron chi connectivity index (χ3n) is 5.97. The highest BCUT2D eigenvalue weighted by Gasteiger charge is 2.24. The highest BCUT2D eigenvalue weighted by molar-refractivity contribution is 5.96. The third kappa shape index (κ3) is 4.35. The normalized spacial score (nSPS) is 10.8. The predicted molar refractivity (Wildman–Crippen MR) is 118 cm³/mol. The van der Waals surface area contributed by atoms with E-state index in [1.165, 1.54) is 0 Å². The van der Waals surface area contributed by atoms with Crippen molar-refractivity contribution in [2.45, 2.75) is 68.2 Å². The maximum atomic E-state index is 13.1. The number of aryl methyl sites for hydroxylation is 1. The zero-order valence-corrected chi connectivity index (χ0v) is 19.3. The van der Waals surface area contributed by atoms with E-state index in [0.717, 1.165) is 35.3 Å². The number of unbranched alkanes of at least 4 members (excludes halogenated alkanes) is 1. The van der Waals surface area contributed by atoms with Gasteiger partial charge in [0, 0.05) is 0 Å². The van der Waals surface area contributed by atoms with Crippen LogP contribution < -0.4 is 9.47 Å². The van der Waals surface area contributed by atoms with Crippen molar-refractivity contribution in [3.63, 3.8) is 0 Å². The van der Waals surface area contributed by atoms with Gasteiger partial charge in [-0.05, 0) is 99.9 Å². The first kappa shape index (κ1) is 23.5. The molecule has 0 amide bonds. The molecule has 0 radical (unpaired) electrons. The second-order valence-electron chi connectivity index (χ2n) is 7.92. The van der Waals surface area contributed by atoms with Gasteiger partial charge in [0.15, 0.2) is 0 Å². The van der Waals surface area contributed by atoms with Crippen molar-refractivity contribution in [2.75, 3.05) is 6.61 Å². The maximum absolute atomic E-state index is 13.1. The maximum Gasteiger partial charge on any atom is 0.344 e. The van der Waals surface area contributed by atoms with Crippen molar-refractivity contribution in [2.24, 2.45) is 0 Å². The second kappa shape index (κ2) is 9.33. The summed E-state index contributed by atoms with van der Waals surface area (Å²) in [6.45, 7) is 15.5. The van der Waals surface area contributed by atoms with E-state index in [1.54, 1.807) is 27.7 Å². The largest absolute Gasteiger partial charge is 0.493 e. The molecular weight excluding hydrogens is 380 g/mol. The number of rotatable bonds is 7. The molecule has 0 atom stereocenters. The highest BCUT2D eigenvalue weighted by atomic mass is 16.5. The van der Waals surface area contributed by atoms with E-state index >= 15 is 0 Å². The van der Waals surface area contributed by atoms with E-state index in [0.29, 0.717) is 40.2 Å². The van der Waals surface area contributed by atoms with Gasteiger partial charge in [-0.1, -0.05) is 13.3 Å². The lowest BCUT2D eigenvalue weighted by molar-refractivity contribution is 0.0694. The molecule has 1 N–H and O–H groups in total. The van der Waals surface area contributed by atoms with Gasteiger partial charge in [0.05, 0.1) is 17.7 Å². The number of carbonyl (C=O) groups is 2. The van der Waals surface area contributed by atoms with Crippen LogP contribution in [0.1, 0.15) is 79.4 Å². The zero-order valence-electron chi connectivity index (χ0n) is 19.3. The predicted octanol–water partition coefficient (Wildman–Crippen LogP) is 5.94. The summed E-state index contributed by atoms with van der Waals surface area (Å²) < 4.78 is 11.7. The molecule has 0 heterocycles. The van der Waals surface area contributed by atoms with Crippen molar-refractivity contribution in [1.82, 2.24) is 0 Å². The molecule has 0 saturated heterocycles. The van der Waals surface area contributed by atoms with Gasteiger partial charge >= 0.3 is 11.9 Å². The Labute approximate surface area is 179 Å². The van der Waals surface area contributed by atoms with Crippen LogP contribution in [-0.2, 0) is 0 Å². The minimum absolute atomic E-state index is 0.265. The van der Waals surface area contributed by atoms with E-state index in [2.05, 4.69) is 6.92 Å². The molecule has 5 nitrogen and oxygen atoms in total. The molecule has 2 rings (SSSR count). The van der Waals surface area contributed by atoms with Gasteiger partial charge in [-0.2, -0.15) is 0 Å². The van der Waals surface area contributed by atoms with Gasteiger partial charge in [0.2, 0.25) is 0 Å². The molecule has 0 aliphatic carbocycles. The number of esters is 1. The van der Waals surface area contributed by atoms with Crippen molar-refractivity contribution >= 4 is 11.9 Å². The van der Waals surface area contributed by atoms with Gasteiger partial charge < -0.3 is 14.6 Å². The Hall–Kier alpha value is -2.82. The topological polar surface area (TPSA) is 72.8 Å². The van der Waals surface area contributed by atoms with Gasteiger partial charge in [-0.15, -0.1) is 0 Å². The van der Waals surface area contributed by atoms with Crippen LogP contribution in [0.15, 0.2) is 6.07 Å². The number of hydrogen-bond donors (Lipinski definition) is 1. The molecule has 30 heavy (non-hydrogen) atoms.